The number of nitrogen functional groups attached to an aromatic ring is 2. The summed E-state index contributed by atoms with van der Waals surface area (Å²) < 4.78 is 2.20. The number of aromatic nitrogens is 2. The van der Waals surface area contributed by atoms with E-state index in [-0.39, 0.29) is 0 Å². The first-order chi connectivity index (χ1) is 13.1. The lowest BCUT2D eigenvalue weighted by atomic mass is 10.1. The van der Waals surface area contributed by atoms with Gasteiger partial charge >= 0.3 is 0 Å². The highest BCUT2D eigenvalue weighted by molar-refractivity contribution is 6.33. The van der Waals surface area contributed by atoms with Gasteiger partial charge in [-0.2, -0.15) is 0 Å². The second-order valence-electron chi connectivity index (χ2n) is 6.35. The number of anilines is 2. The Kier molecular flexibility index (Phi) is 4.57. The first-order valence-electron chi connectivity index (χ1n) is 8.63. The maximum Gasteiger partial charge on any atom is 0.123 e. The van der Waals surface area contributed by atoms with Gasteiger partial charge in [0.2, 0.25) is 0 Å². The number of pyridine rings is 1. The molecule has 134 valence electrons. The van der Waals surface area contributed by atoms with Crippen LogP contribution in [0.1, 0.15) is 5.69 Å². The largest absolute Gasteiger partial charge is 0.399 e. The van der Waals surface area contributed by atoms with Gasteiger partial charge in [-0.3, -0.25) is 0 Å². The average molecular weight is 375 g/mol. The number of hydrogen-bond donors (Lipinski definition) is 2. The fraction of sp³-hybridized carbons (Fsp3) is 0.0455. The van der Waals surface area contributed by atoms with Crippen LogP contribution in [-0.4, -0.2) is 9.55 Å². The van der Waals surface area contributed by atoms with Gasteiger partial charge in [-0.25, -0.2) is 4.98 Å². The van der Waals surface area contributed by atoms with Crippen molar-refractivity contribution in [3.63, 3.8) is 0 Å². The molecule has 0 saturated carbocycles. The molecule has 0 aliphatic carbocycles. The quantitative estimate of drug-likeness (QED) is 0.489. The van der Waals surface area contributed by atoms with Gasteiger partial charge in [0.1, 0.15) is 5.82 Å². The van der Waals surface area contributed by atoms with Crippen LogP contribution in [0.3, 0.4) is 0 Å². The molecule has 4 aromatic rings. The molecule has 0 radical (unpaired) electrons. The average Bonchev–Trinajstić information content (AvgIpc) is 3.06. The molecule has 0 fully saturated rings. The van der Waals surface area contributed by atoms with Crippen LogP contribution in [0.25, 0.3) is 22.5 Å². The fourth-order valence-electron chi connectivity index (χ4n) is 3.20. The van der Waals surface area contributed by atoms with Gasteiger partial charge in [0.05, 0.1) is 17.9 Å². The van der Waals surface area contributed by atoms with Crippen LogP contribution in [0.2, 0.25) is 5.02 Å². The Bertz CT molecular complexity index is 1080. The van der Waals surface area contributed by atoms with E-state index in [1.54, 1.807) is 6.07 Å². The predicted molar refractivity (Wildman–Crippen MR) is 112 cm³/mol. The summed E-state index contributed by atoms with van der Waals surface area (Å²) in [5.41, 5.74) is 17.5. The fourth-order valence-corrected chi connectivity index (χ4v) is 3.43. The Morgan fingerprint density at radius 2 is 1.52 bits per heavy atom. The molecule has 2 heterocycles. The molecule has 2 aromatic carbocycles. The molecule has 5 heteroatoms. The summed E-state index contributed by atoms with van der Waals surface area (Å²) in [7, 11) is 0. The molecule has 4 rings (SSSR count). The van der Waals surface area contributed by atoms with E-state index in [0.717, 1.165) is 33.9 Å². The highest BCUT2D eigenvalue weighted by Crippen LogP contribution is 2.33. The Labute approximate surface area is 163 Å². The predicted octanol–water partition coefficient (Wildman–Crippen LogP) is 5.08. The summed E-state index contributed by atoms with van der Waals surface area (Å²) >= 11 is 6.47. The monoisotopic (exact) mass is 374 g/mol. The molecule has 4 N–H and O–H groups in total. The van der Waals surface area contributed by atoms with Crippen LogP contribution in [0, 0.1) is 0 Å². The van der Waals surface area contributed by atoms with Crippen LogP contribution in [0.15, 0.2) is 78.9 Å². The van der Waals surface area contributed by atoms with E-state index in [2.05, 4.69) is 21.7 Å². The summed E-state index contributed by atoms with van der Waals surface area (Å²) in [4.78, 5) is 4.46. The molecule has 0 spiro atoms. The molecule has 0 aliphatic rings. The minimum atomic E-state index is 0.507. The van der Waals surface area contributed by atoms with E-state index < -0.39 is 0 Å². The minimum Gasteiger partial charge on any atom is -0.399 e. The number of benzene rings is 2. The number of rotatable bonds is 4. The molecule has 4 nitrogen and oxygen atoms in total. The number of nitrogens with zero attached hydrogens (tertiary/aromatic N) is 2. The highest BCUT2D eigenvalue weighted by Gasteiger charge is 2.15. The van der Waals surface area contributed by atoms with Gasteiger partial charge in [-0.05, 0) is 48.0 Å². The smallest absolute Gasteiger partial charge is 0.123 e. The standard InChI is InChI=1S/C22H19ClN4/c23-19-6-2-1-5-18(19)21-13-12-20(15-8-10-16(24)11-9-15)27(21)14-17-4-3-7-22(25)26-17/h1-13H,14,24H2,(H2,25,26). The Balaban J connectivity index is 1.87. The van der Waals surface area contributed by atoms with Gasteiger partial charge in [-0.1, -0.05) is 48.0 Å². The van der Waals surface area contributed by atoms with Crippen LogP contribution >= 0.6 is 11.6 Å². The number of halogens is 1. The zero-order chi connectivity index (χ0) is 18.8. The molecule has 0 unspecified atom stereocenters. The third kappa shape index (κ3) is 3.52. The van der Waals surface area contributed by atoms with Crippen molar-refractivity contribution in [3.8, 4) is 22.5 Å². The van der Waals surface area contributed by atoms with Crippen molar-refractivity contribution in [1.29, 1.82) is 0 Å². The van der Waals surface area contributed by atoms with E-state index in [4.69, 9.17) is 23.1 Å². The van der Waals surface area contributed by atoms with E-state index in [1.165, 1.54) is 0 Å². The lowest BCUT2D eigenvalue weighted by molar-refractivity contribution is 0.797. The molecule has 0 atom stereocenters. The second kappa shape index (κ2) is 7.17. The Morgan fingerprint density at radius 3 is 2.26 bits per heavy atom. The molecule has 0 bridgehead atoms. The lowest BCUT2D eigenvalue weighted by Gasteiger charge is -2.15. The SMILES string of the molecule is Nc1ccc(-c2ccc(-c3ccccc3Cl)n2Cc2cccc(N)n2)cc1. The zero-order valence-electron chi connectivity index (χ0n) is 14.6. The normalized spacial score (nSPS) is 10.9. The molecule has 27 heavy (non-hydrogen) atoms. The topological polar surface area (TPSA) is 69.9 Å². The summed E-state index contributed by atoms with van der Waals surface area (Å²) in [6.07, 6.45) is 0. The first kappa shape index (κ1) is 17.2. The van der Waals surface area contributed by atoms with Gasteiger partial charge in [0.25, 0.3) is 0 Å². The third-order valence-corrected chi connectivity index (χ3v) is 4.81. The summed E-state index contributed by atoms with van der Waals surface area (Å²) in [5.74, 6) is 0.507. The van der Waals surface area contributed by atoms with E-state index in [0.29, 0.717) is 17.4 Å². The molecule has 2 aromatic heterocycles. The van der Waals surface area contributed by atoms with E-state index >= 15 is 0 Å². The van der Waals surface area contributed by atoms with E-state index in [1.807, 2.05) is 60.7 Å². The van der Waals surface area contributed by atoms with Crippen LogP contribution in [0.5, 0.6) is 0 Å². The summed E-state index contributed by atoms with van der Waals surface area (Å²) in [5, 5.41) is 0.709. The molecular weight excluding hydrogens is 356 g/mol. The highest BCUT2D eigenvalue weighted by atomic mass is 35.5. The maximum atomic E-state index is 6.47. The van der Waals surface area contributed by atoms with Gasteiger partial charge in [0, 0.05) is 22.0 Å². The van der Waals surface area contributed by atoms with Crippen molar-refractivity contribution in [2.75, 3.05) is 11.5 Å². The first-order valence-corrected chi connectivity index (χ1v) is 9.01. The van der Waals surface area contributed by atoms with Crippen molar-refractivity contribution in [2.24, 2.45) is 0 Å². The van der Waals surface area contributed by atoms with Gasteiger partial charge in [0.15, 0.2) is 0 Å². The van der Waals surface area contributed by atoms with Crippen molar-refractivity contribution in [2.45, 2.75) is 6.54 Å². The number of hydrogen-bond acceptors (Lipinski definition) is 3. The molecular formula is C22H19ClN4. The van der Waals surface area contributed by atoms with Crippen LogP contribution in [0.4, 0.5) is 11.5 Å². The van der Waals surface area contributed by atoms with Crippen LogP contribution in [-0.2, 0) is 6.54 Å². The molecule has 0 aliphatic heterocycles. The maximum absolute atomic E-state index is 6.47. The van der Waals surface area contributed by atoms with E-state index in [9.17, 15) is 0 Å². The summed E-state index contributed by atoms with van der Waals surface area (Å²) in [6, 6.07) is 25.5. The van der Waals surface area contributed by atoms with Crippen molar-refractivity contribution >= 4 is 23.1 Å². The van der Waals surface area contributed by atoms with Gasteiger partial charge in [-0.15, -0.1) is 0 Å². The third-order valence-electron chi connectivity index (χ3n) is 4.49. The number of nitrogens with two attached hydrogens (primary N) is 2. The van der Waals surface area contributed by atoms with Crippen molar-refractivity contribution < 1.29 is 0 Å². The minimum absolute atomic E-state index is 0.507. The zero-order valence-corrected chi connectivity index (χ0v) is 15.4. The Morgan fingerprint density at radius 1 is 0.778 bits per heavy atom. The molecule has 0 amide bonds. The van der Waals surface area contributed by atoms with Crippen LogP contribution < -0.4 is 11.5 Å². The van der Waals surface area contributed by atoms with Crippen molar-refractivity contribution in [1.82, 2.24) is 9.55 Å². The summed E-state index contributed by atoms with van der Waals surface area (Å²) in [6.45, 7) is 0.582. The lowest BCUT2D eigenvalue weighted by Crippen LogP contribution is -2.06. The Hall–Kier alpha value is -3.24. The second-order valence-corrected chi connectivity index (χ2v) is 6.75. The van der Waals surface area contributed by atoms with Gasteiger partial charge < -0.3 is 16.0 Å². The van der Waals surface area contributed by atoms with Crippen molar-refractivity contribution in [3.05, 3.63) is 89.6 Å². The molecule has 0 saturated heterocycles.